The molecule has 2 fully saturated rings. The lowest BCUT2D eigenvalue weighted by Crippen LogP contribution is -2.65. The average Bonchev–Trinajstić information content (AvgIpc) is 2.80. The van der Waals surface area contributed by atoms with Gasteiger partial charge in [0, 0.05) is 18.6 Å². The van der Waals surface area contributed by atoms with Gasteiger partial charge in [-0.3, -0.25) is 10.1 Å². The van der Waals surface area contributed by atoms with Crippen molar-refractivity contribution in [1.29, 1.82) is 0 Å². The van der Waals surface area contributed by atoms with Gasteiger partial charge in [0.25, 0.3) is 0 Å². The summed E-state index contributed by atoms with van der Waals surface area (Å²) in [6.45, 7) is 0.707. The fourth-order valence-electron chi connectivity index (χ4n) is 2.92. The minimum Gasteiger partial charge on any atom is -0.376 e. The van der Waals surface area contributed by atoms with Crippen molar-refractivity contribution < 1.29 is 9.66 Å². The number of hydrogen-bond donors (Lipinski definition) is 2. The maximum absolute atomic E-state index is 11.1. The van der Waals surface area contributed by atoms with Gasteiger partial charge in [0.05, 0.1) is 17.1 Å². The van der Waals surface area contributed by atoms with Crippen molar-refractivity contribution >= 4 is 23.0 Å². The number of ether oxygens (including phenoxy) is 1. The molecule has 1 aromatic rings. The smallest absolute Gasteiger partial charge is 0.310 e. The molecule has 4 atom stereocenters. The molecule has 2 aliphatic rings. The molecular weight excluding hydrogens is 270 g/mol. The molecule has 1 aliphatic carbocycles. The molecule has 3 rings (SSSR count). The predicted octanol–water partition coefficient (Wildman–Crippen LogP) is 1.77. The van der Waals surface area contributed by atoms with Gasteiger partial charge in [-0.15, -0.1) is 0 Å². The molecular formula is C12H14ClN3O3. The minimum absolute atomic E-state index is 0.0360. The zero-order valence-electron chi connectivity index (χ0n) is 10.1. The Bertz CT molecular complexity index is 525. The van der Waals surface area contributed by atoms with Crippen molar-refractivity contribution in [2.24, 2.45) is 11.7 Å². The molecule has 1 aromatic carbocycles. The van der Waals surface area contributed by atoms with Crippen LogP contribution >= 0.6 is 11.6 Å². The molecule has 0 radical (unpaired) electrons. The molecule has 1 saturated heterocycles. The summed E-state index contributed by atoms with van der Waals surface area (Å²) in [6.07, 6.45) is 1.01. The first kappa shape index (κ1) is 12.7. The molecule has 3 N–H and O–H groups in total. The van der Waals surface area contributed by atoms with Crippen molar-refractivity contribution in [1.82, 2.24) is 0 Å². The van der Waals surface area contributed by atoms with Crippen molar-refractivity contribution in [3.05, 3.63) is 33.3 Å². The third-order valence-electron chi connectivity index (χ3n) is 3.94. The zero-order chi connectivity index (χ0) is 13.6. The van der Waals surface area contributed by atoms with E-state index in [9.17, 15) is 10.1 Å². The topological polar surface area (TPSA) is 90.4 Å². The summed E-state index contributed by atoms with van der Waals surface area (Å²) < 4.78 is 5.59. The average molecular weight is 284 g/mol. The highest BCUT2D eigenvalue weighted by atomic mass is 35.5. The molecule has 1 saturated carbocycles. The van der Waals surface area contributed by atoms with E-state index < -0.39 is 4.92 Å². The molecule has 102 valence electrons. The molecule has 0 bridgehead atoms. The molecule has 6 nitrogen and oxygen atoms in total. The number of benzene rings is 1. The Kier molecular flexibility index (Phi) is 3.08. The Morgan fingerprint density at radius 3 is 3.05 bits per heavy atom. The van der Waals surface area contributed by atoms with Crippen molar-refractivity contribution in [2.75, 3.05) is 11.9 Å². The van der Waals surface area contributed by atoms with Crippen molar-refractivity contribution in [2.45, 2.75) is 24.6 Å². The van der Waals surface area contributed by atoms with Gasteiger partial charge in [-0.25, -0.2) is 0 Å². The summed E-state index contributed by atoms with van der Waals surface area (Å²) >= 11 is 5.87. The molecule has 0 aromatic heterocycles. The Hall–Kier alpha value is -1.37. The van der Waals surface area contributed by atoms with Crippen molar-refractivity contribution in [3.8, 4) is 0 Å². The van der Waals surface area contributed by atoms with Gasteiger partial charge in [0.1, 0.15) is 10.7 Å². The van der Waals surface area contributed by atoms with E-state index >= 15 is 0 Å². The molecule has 19 heavy (non-hydrogen) atoms. The van der Waals surface area contributed by atoms with E-state index in [0.29, 0.717) is 18.2 Å². The summed E-state index contributed by atoms with van der Waals surface area (Å²) in [7, 11) is 0. The van der Waals surface area contributed by atoms with Gasteiger partial charge in [0.2, 0.25) is 0 Å². The van der Waals surface area contributed by atoms with E-state index in [1.54, 1.807) is 12.1 Å². The van der Waals surface area contributed by atoms with Crippen LogP contribution in [0.1, 0.15) is 6.42 Å². The van der Waals surface area contributed by atoms with Crippen LogP contribution in [0.25, 0.3) is 0 Å². The lowest BCUT2D eigenvalue weighted by Gasteiger charge is -2.46. The lowest BCUT2D eigenvalue weighted by molar-refractivity contribution is -0.383. The van der Waals surface area contributed by atoms with Crippen molar-refractivity contribution in [3.63, 3.8) is 0 Å². The van der Waals surface area contributed by atoms with E-state index in [1.165, 1.54) is 6.07 Å². The summed E-state index contributed by atoms with van der Waals surface area (Å²) in [6, 6.07) is 4.68. The van der Waals surface area contributed by atoms with Gasteiger partial charge in [0.15, 0.2) is 0 Å². The van der Waals surface area contributed by atoms with Gasteiger partial charge in [-0.2, -0.15) is 0 Å². The molecule has 1 heterocycles. The number of nitro benzene ring substituents is 1. The van der Waals surface area contributed by atoms with E-state index in [4.69, 9.17) is 22.1 Å². The van der Waals surface area contributed by atoms with Gasteiger partial charge < -0.3 is 15.8 Å². The maximum atomic E-state index is 11.1. The number of nitro groups is 1. The quantitative estimate of drug-likeness (QED) is 0.652. The SMILES string of the molecule is NC1C2CCOC2C1Nc1cccc(Cl)c1[N+](=O)[O-]. The van der Waals surface area contributed by atoms with Crippen LogP contribution in [0.2, 0.25) is 5.02 Å². The van der Waals surface area contributed by atoms with Crippen LogP contribution in [0.3, 0.4) is 0 Å². The molecule has 7 heteroatoms. The Morgan fingerprint density at radius 2 is 2.32 bits per heavy atom. The van der Waals surface area contributed by atoms with Gasteiger partial charge in [-0.05, 0) is 18.6 Å². The monoisotopic (exact) mass is 283 g/mol. The highest BCUT2D eigenvalue weighted by Crippen LogP contribution is 2.41. The van der Waals surface area contributed by atoms with E-state index in [1.807, 2.05) is 0 Å². The molecule has 1 aliphatic heterocycles. The van der Waals surface area contributed by atoms with Crippen LogP contribution in [0.15, 0.2) is 18.2 Å². The second kappa shape index (κ2) is 4.63. The minimum atomic E-state index is -0.484. The molecule has 0 amide bonds. The summed E-state index contributed by atoms with van der Waals surface area (Å²) in [5.41, 5.74) is 6.36. The van der Waals surface area contributed by atoms with Gasteiger partial charge >= 0.3 is 5.69 Å². The summed E-state index contributed by atoms with van der Waals surface area (Å²) in [4.78, 5) is 10.6. The van der Waals surface area contributed by atoms with E-state index in [0.717, 1.165) is 6.42 Å². The highest BCUT2D eigenvalue weighted by Gasteiger charge is 2.52. The number of rotatable bonds is 3. The summed E-state index contributed by atoms with van der Waals surface area (Å²) in [5.74, 6) is 0.357. The van der Waals surface area contributed by atoms with Crippen LogP contribution in [0.4, 0.5) is 11.4 Å². The number of nitrogens with one attached hydrogen (secondary N) is 1. The third-order valence-corrected chi connectivity index (χ3v) is 4.24. The number of anilines is 1. The normalized spacial score (nSPS) is 32.5. The van der Waals surface area contributed by atoms with Crippen LogP contribution in [-0.4, -0.2) is 29.7 Å². The number of hydrogen-bond acceptors (Lipinski definition) is 5. The lowest BCUT2D eigenvalue weighted by atomic mass is 9.72. The first-order chi connectivity index (χ1) is 9.09. The summed E-state index contributed by atoms with van der Waals surface area (Å²) in [5, 5.41) is 14.3. The first-order valence-electron chi connectivity index (χ1n) is 6.16. The van der Waals surface area contributed by atoms with Crippen LogP contribution in [0, 0.1) is 16.0 Å². The fraction of sp³-hybridized carbons (Fsp3) is 0.500. The Morgan fingerprint density at radius 1 is 1.53 bits per heavy atom. The largest absolute Gasteiger partial charge is 0.376 e. The zero-order valence-corrected chi connectivity index (χ0v) is 10.8. The predicted molar refractivity (Wildman–Crippen MR) is 71.3 cm³/mol. The third kappa shape index (κ3) is 1.96. The van der Waals surface area contributed by atoms with E-state index in [-0.39, 0.29) is 28.9 Å². The van der Waals surface area contributed by atoms with Crippen LogP contribution < -0.4 is 11.1 Å². The number of halogens is 1. The standard InChI is InChI=1S/C12H14ClN3O3/c13-7-2-1-3-8(11(7)16(17)18)15-10-9(14)6-4-5-19-12(6)10/h1-3,6,9-10,12,15H,4-5,14H2. The second-order valence-corrected chi connectivity index (χ2v) is 5.34. The number of nitrogens with zero attached hydrogens (tertiary/aromatic N) is 1. The van der Waals surface area contributed by atoms with Gasteiger partial charge in [-0.1, -0.05) is 17.7 Å². The fourth-order valence-corrected chi connectivity index (χ4v) is 3.17. The Labute approximate surface area is 115 Å². The van der Waals surface area contributed by atoms with Crippen LogP contribution in [-0.2, 0) is 4.74 Å². The van der Waals surface area contributed by atoms with E-state index in [2.05, 4.69) is 5.32 Å². The van der Waals surface area contributed by atoms with Crippen LogP contribution in [0.5, 0.6) is 0 Å². The first-order valence-corrected chi connectivity index (χ1v) is 6.54. The molecule has 4 unspecified atom stereocenters. The Balaban J connectivity index is 1.84. The number of para-hydroxylation sites is 1. The highest BCUT2D eigenvalue weighted by molar-refractivity contribution is 6.33. The maximum Gasteiger partial charge on any atom is 0.310 e. The number of nitrogens with two attached hydrogens (primary N) is 1. The second-order valence-electron chi connectivity index (χ2n) is 4.93. The molecule has 0 spiro atoms. The number of fused-ring (bicyclic) bond motifs is 1.